The third-order valence-electron chi connectivity index (χ3n) is 4.63. The third kappa shape index (κ3) is 2.91. The third-order valence-corrected chi connectivity index (χ3v) is 4.63. The van der Waals surface area contributed by atoms with Gasteiger partial charge in [0.25, 0.3) is 0 Å². The average Bonchev–Trinajstić information content (AvgIpc) is 3.31. The molecular weight excluding hydrogens is 304 g/mol. The van der Waals surface area contributed by atoms with Crippen molar-refractivity contribution in [2.24, 2.45) is 5.92 Å². The van der Waals surface area contributed by atoms with Crippen molar-refractivity contribution in [1.82, 2.24) is 19.7 Å². The molecule has 1 aliphatic heterocycles. The van der Waals surface area contributed by atoms with Gasteiger partial charge in [-0.3, -0.25) is 14.5 Å². The summed E-state index contributed by atoms with van der Waals surface area (Å²) in [5, 5.41) is 4.41. The Morgan fingerprint density at radius 1 is 1.25 bits per heavy atom. The van der Waals surface area contributed by atoms with E-state index in [9.17, 15) is 4.79 Å². The van der Waals surface area contributed by atoms with Crippen LogP contribution in [0.25, 0.3) is 0 Å². The highest BCUT2D eigenvalue weighted by atomic mass is 16.5. The van der Waals surface area contributed by atoms with Gasteiger partial charge in [0, 0.05) is 24.9 Å². The Kier molecular flexibility index (Phi) is 4.02. The minimum atomic E-state index is 0.0160. The molecule has 3 heterocycles. The Balaban J connectivity index is 1.48. The lowest BCUT2D eigenvalue weighted by Crippen LogP contribution is -2.45. The molecule has 1 aliphatic carbocycles. The number of fused-ring (bicyclic) bond motifs is 1. The maximum Gasteiger partial charge on any atom is 0.226 e. The van der Waals surface area contributed by atoms with E-state index in [1.54, 1.807) is 18.6 Å². The molecule has 2 aromatic rings. The fraction of sp³-hybridized carbons (Fsp3) is 0.389. The first kappa shape index (κ1) is 14.9. The van der Waals surface area contributed by atoms with Crippen molar-refractivity contribution in [3.63, 3.8) is 0 Å². The first-order valence-corrected chi connectivity index (χ1v) is 8.30. The highest BCUT2D eigenvalue weighted by molar-refractivity contribution is 5.79. The number of amides is 1. The number of nitrogens with zero attached hydrogens (tertiary/aromatic N) is 4. The summed E-state index contributed by atoms with van der Waals surface area (Å²) >= 11 is 0. The van der Waals surface area contributed by atoms with E-state index in [2.05, 4.69) is 22.2 Å². The molecule has 6 heteroatoms. The Bertz CT molecular complexity index is 732. The number of hydrogen-bond donors (Lipinski definition) is 0. The standard InChI is InChI=1S/C18H20N4O2/c23-18(14-4-1-2-5-14)21-11-15-7-9-20-22(15)16(12-21)13-24-17-6-3-8-19-10-17/h1-3,6-10,14,16H,4-5,11-13H2. The summed E-state index contributed by atoms with van der Waals surface area (Å²) in [6.45, 7) is 1.72. The number of hydrogen-bond acceptors (Lipinski definition) is 4. The summed E-state index contributed by atoms with van der Waals surface area (Å²) in [6.07, 6.45) is 11.1. The first-order valence-electron chi connectivity index (χ1n) is 8.30. The summed E-state index contributed by atoms with van der Waals surface area (Å²) in [7, 11) is 0. The molecule has 0 aromatic carbocycles. The number of carbonyl (C=O) groups is 1. The van der Waals surface area contributed by atoms with Crippen molar-refractivity contribution < 1.29 is 9.53 Å². The largest absolute Gasteiger partial charge is 0.490 e. The average molecular weight is 324 g/mol. The van der Waals surface area contributed by atoms with Gasteiger partial charge < -0.3 is 9.64 Å². The minimum Gasteiger partial charge on any atom is -0.490 e. The number of rotatable bonds is 4. The van der Waals surface area contributed by atoms with Gasteiger partial charge in [0.2, 0.25) is 5.91 Å². The van der Waals surface area contributed by atoms with E-state index in [1.165, 1.54) is 0 Å². The van der Waals surface area contributed by atoms with Crippen LogP contribution in [0, 0.1) is 5.92 Å². The molecule has 1 atom stereocenters. The molecule has 0 N–H and O–H groups in total. The van der Waals surface area contributed by atoms with Gasteiger partial charge in [-0.2, -0.15) is 5.10 Å². The highest BCUT2D eigenvalue weighted by Crippen LogP contribution is 2.26. The van der Waals surface area contributed by atoms with Crippen LogP contribution >= 0.6 is 0 Å². The predicted molar refractivity (Wildman–Crippen MR) is 88.3 cm³/mol. The van der Waals surface area contributed by atoms with Crippen molar-refractivity contribution in [1.29, 1.82) is 0 Å². The van der Waals surface area contributed by atoms with Crippen LogP contribution in [0.2, 0.25) is 0 Å². The molecule has 0 radical (unpaired) electrons. The van der Waals surface area contributed by atoms with Crippen LogP contribution in [0.3, 0.4) is 0 Å². The molecule has 4 rings (SSSR count). The van der Waals surface area contributed by atoms with Crippen LogP contribution in [0.1, 0.15) is 24.6 Å². The number of pyridine rings is 1. The van der Waals surface area contributed by atoms with Gasteiger partial charge >= 0.3 is 0 Å². The molecular formula is C18H20N4O2. The Morgan fingerprint density at radius 3 is 2.92 bits per heavy atom. The van der Waals surface area contributed by atoms with Crippen LogP contribution in [0.15, 0.2) is 48.9 Å². The molecule has 124 valence electrons. The van der Waals surface area contributed by atoms with E-state index in [-0.39, 0.29) is 17.9 Å². The van der Waals surface area contributed by atoms with E-state index >= 15 is 0 Å². The monoisotopic (exact) mass is 324 g/mol. The molecule has 0 fully saturated rings. The molecule has 1 unspecified atom stereocenters. The molecule has 0 saturated carbocycles. The van der Waals surface area contributed by atoms with Crippen LogP contribution < -0.4 is 4.74 Å². The van der Waals surface area contributed by atoms with Gasteiger partial charge in [-0.05, 0) is 31.0 Å². The Morgan fingerprint density at radius 2 is 2.12 bits per heavy atom. The van der Waals surface area contributed by atoms with E-state index < -0.39 is 0 Å². The van der Waals surface area contributed by atoms with Gasteiger partial charge in [0.05, 0.1) is 18.4 Å². The Hall–Kier alpha value is -2.63. The molecule has 0 bridgehead atoms. The number of carbonyl (C=O) groups excluding carboxylic acids is 1. The quantitative estimate of drug-likeness (QED) is 0.809. The van der Waals surface area contributed by atoms with Gasteiger partial charge in [-0.15, -0.1) is 0 Å². The van der Waals surface area contributed by atoms with E-state index in [0.29, 0.717) is 19.7 Å². The first-order chi connectivity index (χ1) is 11.8. The number of ether oxygens (including phenoxy) is 1. The van der Waals surface area contributed by atoms with Crippen LogP contribution in [-0.4, -0.2) is 38.7 Å². The van der Waals surface area contributed by atoms with E-state index in [0.717, 1.165) is 24.3 Å². The number of aromatic nitrogens is 3. The summed E-state index contributed by atoms with van der Waals surface area (Å²) in [4.78, 5) is 18.8. The molecule has 6 nitrogen and oxygen atoms in total. The van der Waals surface area contributed by atoms with E-state index in [4.69, 9.17) is 4.74 Å². The maximum atomic E-state index is 12.8. The van der Waals surface area contributed by atoms with Gasteiger partial charge in [0.1, 0.15) is 18.4 Å². The fourth-order valence-corrected chi connectivity index (χ4v) is 3.38. The lowest BCUT2D eigenvalue weighted by Gasteiger charge is -2.35. The second-order valence-electron chi connectivity index (χ2n) is 6.28. The van der Waals surface area contributed by atoms with Gasteiger partial charge in [0.15, 0.2) is 0 Å². The lowest BCUT2D eigenvalue weighted by molar-refractivity contribution is -0.137. The second-order valence-corrected chi connectivity index (χ2v) is 6.28. The molecule has 24 heavy (non-hydrogen) atoms. The number of allylic oxidation sites excluding steroid dienone is 2. The van der Waals surface area contributed by atoms with Crippen LogP contribution in [-0.2, 0) is 11.3 Å². The van der Waals surface area contributed by atoms with Crippen molar-refractivity contribution in [3.8, 4) is 5.75 Å². The van der Waals surface area contributed by atoms with Gasteiger partial charge in [-0.1, -0.05) is 12.2 Å². The normalized spacial score (nSPS) is 20.2. The van der Waals surface area contributed by atoms with E-state index in [1.807, 2.05) is 27.8 Å². The zero-order chi connectivity index (χ0) is 16.4. The molecule has 0 spiro atoms. The summed E-state index contributed by atoms with van der Waals surface area (Å²) in [6, 6.07) is 5.72. The molecule has 0 saturated heterocycles. The SMILES string of the molecule is O=C(C1CC=CC1)N1Cc2ccnn2C(COc2cccnc2)C1. The molecule has 2 aromatic heterocycles. The second kappa shape index (κ2) is 6.47. The summed E-state index contributed by atoms with van der Waals surface area (Å²) < 4.78 is 7.83. The maximum absolute atomic E-state index is 12.8. The predicted octanol–water partition coefficient (Wildman–Crippen LogP) is 2.21. The van der Waals surface area contributed by atoms with Crippen LogP contribution in [0.4, 0.5) is 0 Å². The topological polar surface area (TPSA) is 60.2 Å². The summed E-state index contributed by atoms with van der Waals surface area (Å²) in [5.74, 6) is 1.06. The Labute approximate surface area is 140 Å². The fourth-order valence-electron chi connectivity index (χ4n) is 3.38. The lowest BCUT2D eigenvalue weighted by atomic mass is 10.0. The van der Waals surface area contributed by atoms with Gasteiger partial charge in [-0.25, -0.2) is 0 Å². The van der Waals surface area contributed by atoms with Crippen LogP contribution in [0.5, 0.6) is 5.75 Å². The zero-order valence-electron chi connectivity index (χ0n) is 13.4. The minimum absolute atomic E-state index is 0.0160. The smallest absolute Gasteiger partial charge is 0.226 e. The molecule has 2 aliphatic rings. The van der Waals surface area contributed by atoms with Crippen molar-refractivity contribution in [2.45, 2.75) is 25.4 Å². The molecule has 1 amide bonds. The van der Waals surface area contributed by atoms with Crippen molar-refractivity contribution >= 4 is 5.91 Å². The van der Waals surface area contributed by atoms with Crippen molar-refractivity contribution in [2.75, 3.05) is 13.2 Å². The zero-order valence-corrected chi connectivity index (χ0v) is 13.4. The van der Waals surface area contributed by atoms with Crippen molar-refractivity contribution in [3.05, 3.63) is 54.6 Å². The highest BCUT2D eigenvalue weighted by Gasteiger charge is 2.32. The summed E-state index contributed by atoms with van der Waals surface area (Å²) in [5.41, 5.74) is 1.06.